The molecule has 152 valence electrons. The van der Waals surface area contributed by atoms with Crippen molar-refractivity contribution in [2.45, 2.75) is 13.3 Å². The molecule has 1 saturated heterocycles. The average Bonchev–Trinajstić information content (AvgIpc) is 2.75. The molecule has 0 spiro atoms. The van der Waals surface area contributed by atoms with E-state index in [1.165, 1.54) is 0 Å². The number of aromatic nitrogens is 1. The van der Waals surface area contributed by atoms with Crippen LogP contribution in [0.3, 0.4) is 0 Å². The summed E-state index contributed by atoms with van der Waals surface area (Å²) in [6, 6.07) is 11.2. The molecular formula is C23H21ClN4O2. The number of pyridine rings is 1. The number of benzene rings is 1. The molecule has 0 radical (unpaired) electrons. The number of nitriles is 1. The fourth-order valence-electron chi connectivity index (χ4n) is 3.88. The van der Waals surface area contributed by atoms with Crippen molar-refractivity contribution in [3.63, 3.8) is 0 Å². The largest absolute Gasteiger partial charge is 0.368 e. The van der Waals surface area contributed by atoms with E-state index in [0.717, 1.165) is 37.4 Å². The minimum absolute atomic E-state index is 0.0905. The minimum atomic E-state index is -0.431. The summed E-state index contributed by atoms with van der Waals surface area (Å²) in [6.45, 7) is 5.36. The van der Waals surface area contributed by atoms with Crippen LogP contribution in [0.2, 0.25) is 0 Å². The van der Waals surface area contributed by atoms with Crippen LogP contribution in [0, 0.1) is 18.3 Å². The quantitative estimate of drug-likeness (QED) is 0.759. The highest BCUT2D eigenvalue weighted by Crippen LogP contribution is 2.31. The number of fused-ring (bicyclic) bond motifs is 1. The number of halogens is 1. The first kappa shape index (κ1) is 20.3. The number of carbonyl (C=O) groups is 2. The fourth-order valence-corrected chi connectivity index (χ4v) is 4.13. The molecule has 1 fully saturated rings. The van der Waals surface area contributed by atoms with E-state index in [9.17, 15) is 14.9 Å². The number of ketones is 2. The molecule has 6 nitrogen and oxygen atoms in total. The first-order valence-corrected chi connectivity index (χ1v) is 10.2. The Hall–Kier alpha value is -3.01. The number of piperazine rings is 1. The van der Waals surface area contributed by atoms with Gasteiger partial charge >= 0.3 is 0 Å². The van der Waals surface area contributed by atoms with Crippen LogP contribution in [0.25, 0.3) is 0 Å². The van der Waals surface area contributed by atoms with Gasteiger partial charge in [-0.1, -0.05) is 17.7 Å². The number of allylic oxidation sites excluding steroid dienone is 2. The number of Topliss-reactive ketones (excluding diaryl/α,β-unsaturated/α-hetero) is 2. The zero-order valence-corrected chi connectivity index (χ0v) is 17.7. The van der Waals surface area contributed by atoms with Crippen molar-refractivity contribution in [1.29, 1.82) is 5.26 Å². The Morgan fingerprint density at radius 1 is 1.10 bits per heavy atom. The van der Waals surface area contributed by atoms with Gasteiger partial charge in [-0.15, -0.1) is 0 Å². The van der Waals surface area contributed by atoms with Crippen molar-refractivity contribution in [3.05, 3.63) is 69.0 Å². The van der Waals surface area contributed by atoms with Crippen molar-refractivity contribution in [2.75, 3.05) is 38.1 Å². The van der Waals surface area contributed by atoms with Gasteiger partial charge in [-0.05, 0) is 43.8 Å². The summed E-state index contributed by atoms with van der Waals surface area (Å²) >= 11 is 6.29. The lowest BCUT2D eigenvalue weighted by atomic mass is 9.88. The van der Waals surface area contributed by atoms with E-state index in [2.05, 4.69) is 27.9 Å². The normalized spacial score (nSPS) is 17.2. The third kappa shape index (κ3) is 3.62. The van der Waals surface area contributed by atoms with E-state index in [0.29, 0.717) is 11.3 Å². The molecule has 0 saturated carbocycles. The third-order valence-corrected chi connectivity index (χ3v) is 6.04. The van der Waals surface area contributed by atoms with Crippen molar-refractivity contribution >= 4 is 28.9 Å². The number of hydrogen-bond donors (Lipinski definition) is 0. The van der Waals surface area contributed by atoms with Crippen LogP contribution >= 0.6 is 11.6 Å². The number of carbonyl (C=O) groups excluding carboxylic acids is 2. The van der Waals surface area contributed by atoms with Crippen LogP contribution in [-0.4, -0.2) is 54.7 Å². The van der Waals surface area contributed by atoms with Gasteiger partial charge in [0, 0.05) is 43.9 Å². The molecule has 1 aliphatic carbocycles. The first-order valence-electron chi connectivity index (χ1n) is 9.81. The minimum Gasteiger partial charge on any atom is -0.368 e. The summed E-state index contributed by atoms with van der Waals surface area (Å²) < 4.78 is 0. The molecule has 4 rings (SSSR count). The van der Waals surface area contributed by atoms with Crippen LogP contribution in [0.15, 0.2) is 40.9 Å². The fraction of sp³-hybridized carbons (Fsp3) is 0.304. The van der Waals surface area contributed by atoms with Gasteiger partial charge in [-0.3, -0.25) is 9.59 Å². The maximum atomic E-state index is 13.0. The highest BCUT2D eigenvalue weighted by Gasteiger charge is 2.32. The predicted octanol–water partition coefficient (Wildman–Crippen LogP) is 3.13. The Bertz CT molecular complexity index is 1120. The molecule has 2 aromatic rings. The third-order valence-electron chi connectivity index (χ3n) is 5.64. The second-order valence-electron chi connectivity index (χ2n) is 7.73. The Labute approximate surface area is 180 Å². The van der Waals surface area contributed by atoms with E-state index in [1.54, 1.807) is 25.1 Å². The Kier molecular flexibility index (Phi) is 5.42. The molecule has 0 atom stereocenters. The van der Waals surface area contributed by atoms with Crippen molar-refractivity contribution in [2.24, 2.45) is 0 Å². The monoisotopic (exact) mass is 420 g/mol. The lowest BCUT2D eigenvalue weighted by Gasteiger charge is -2.34. The molecule has 0 N–H and O–H groups in total. The lowest BCUT2D eigenvalue weighted by molar-refractivity contribution is 0.0975. The number of hydrogen-bond acceptors (Lipinski definition) is 6. The van der Waals surface area contributed by atoms with Gasteiger partial charge in [0.2, 0.25) is 5.78 Å². The SMILES string of the molecule is Cc1ccc2c(n1)C(=O)C(Cl)=C(Cc1ccc(N3CCN(C)CC3)c(C#N)c1)C2=O. The molecule has 0 unspecified atom stereocenters. The standard InChI is InChI=1S/C23H21ClN4O2/c1-14-3-5-17-21(26-14)23(30)20(24)18(22(17)29)12-15-4-6-19(16(11-15)13-25)28-9-7-27(2)8-10-28/h3-6,11H,7-10,12H2,1-2H3. The summed E-state index contributed by atoms with van der Waals surface area (Å²) in [5, 5.41) is 9.59. The number of likely N-dealkylation sites (N-methyl/N-ethyl adjacent to an activating group) is 1. The molecule has 2 aliphatic rings. The van der Waals surface area contributed by atoms with Crippen molar-refractivity contribution in [1.82, 2.24) is 9.88 Å². The Morgan fingerprint density at radius 2 is 1.83 bits per heavy atom. The van der Waals surface area contributed by atoms with Crippen LogP contribution < -0.4 is 4.90 Å². The zero-order chi connectivity index (χ0) is 21.4. The molecule has 30 heavy (non-hydrogen) atoms. The van der Waals surface area contributed by atoms with Crippen LogP contribution in [0.1, 0.15) is 37.7 Å². The van der Waals surface area contributed by atoms with Crippen molar-refractivity contribution < 1.29 is 9.59 Å². The van der Waals surface area contributed by atoms with E-state index in [4.69, 9.17) is 11.6 Å². The highest BCUT2D eigenvalue weighted by molar-refractivity contribution is 6.49. The van der Waals surface area contributed by atoms with E-state index >= 15 is 0 Å². The maximum Gasteiger partial charge on any atom is 0.223 e. The smallest absolute Gasteiger partial charge is 0.223 e. The lowest BCUT2D eigenvalue weighted by Crippen LogP contribution is -2.44. The number of anilines is 1. The molecular weight excluding hydrogens is 400 g/mol. The second-order valence-corrected chi connectivity index (χ2v) is 8.11. The second kappa shape index (κ2) is 8.02. The Balaban J connectivity index is 1.64. The summed E-state index contributed by atoms with van der Waals surface area (Å²) in [5.41, 5.74) is 3.50. The van der Waals surface area contributed by atoms with E-state index < -0.39 is 5.78 Å². The summed E-state index contributed by atoms with van der Waals surface area (Å²) in [5.74, 6) is -0.719. The number of nitrogens with zero attached hydrogens (tertiary/aromatic N) is 4. The molecule has 1 aromatic carbocycles. The molecule has 2 heterocycles. The van der Waals surface area contributed by atoms with Crippen LogP contribution in [0.4, 0.5) is 5.69 Å². The predicted molar refractivity (Wildman–Crippen MR) is 115 cm³/mol. The zero-order valence-electron chi connectivity index (χ0n) is 16.9. The summed E-state index contributed by atoms with van der Waals surface area (Å²) in [4.78, 5) is 34.3. The molecule has 1 aromatic heterocycles. The average molecular weight is 421 g/mol. The van der Waals surface area contributed by atoms with Gasteiger partial charge in [0.05, 0.1) is 21.8 Å². The van der Waals surface area contributed by atoms with Gasteiger partial charge in [0.25, 0.3) is 0 Å². The van der Waals surface area contributed by atoms with Gasteiger partial charge in [0.15, 0.2) is 5.78 Å². The van der Waals surface area contributed by atoms with Crippen LogP contribution in [-0.2, 0) is 6.42 Å². The first-order chi connectivity index (χ1) is 14.4. The molecule has 0 amide bonds. The van der Waals surface area contributed by atoms with Crippen molar-refractivity contribution in [3.8, 4) is 6.07 Å². The Morgan fingerprint density at radius 3 is 2.53 bits per heavy atom. The van der Waals surface area contributed by atoms with E-state index in [-0.39, 0.29) is 34.1 Å². The van der Waals surface area contributed by atoms with Gasteiger partial charge in [-0.2, -0.15) is 5.26 Å². The molecule has 1 aliphatic heterocycles. The number of aryl methyl sites for hydroxylation is 1. The summed E-state index contributed by atoms with van der Waals surface area (Å²) in [6.07, 6.45) is 0.189. The summed E-state index contributed by atoms with van der Waals surface area (Å²) in [7, 11) is 2.08. The van der Waals surface area contributed by atoms with Gasteiger partial charge in [-0.25, -0.2) is 4.98 Å². The molecule has 0 bridgehead atoms. The van der Waals surface area contributed by atoms with Gasteiger partial charge < -0.3 is 9.80 Å². The van der Waals surface area contributed by atoms with E-state index in [1.807, 2.05) is 12.1 Å². The topological polar surface area (TPSA) is 77.3 Å². The maximum absolute atomic E-state index is 13.0. The molecule has 7 heteroatoms. The van der Waals surface area contributed by atoms with Gasteiger partial charge in [0.1, 0.15) is 11.8 Å². The van der Waals surface area contributed by atoms with Crippen LogP contribution in [0.5, 0.6) is 0 Å². The highest BCUT2D eigenvalue weighted by atomic mass is 35.5. The number of rotatable bonds is 3.